The average molecular weight is 316 g/mol. The van der Waals surface area contributed by atoms with E-state index in [1.54, 1.807) is 0 Å². The largest absolute Gasteiger partial charge is 0.343 e. The highest BCUT2D eigenvalue weighted by molar-refractivity contribution is 5.80. The van der Waals surface area contributed by atoms with Crippen molar-refractivity contribution >= 4 is 11.8 Å². The van der Waals surface area contributed by atoms with Gasteiger partial charge in [0, 0.05) is 38.5 Å². The molecule has 0 N–H and O–H groups in total. The van der Waals surface area contributed by atoms with Gasteiger partial charge in [-0.1, -0.05) is 37.3 Å². The minimum atomic E-state index is 0.0596. The Bertz CT molecular complexity index is 507. The maximum absolute atomic E-state index is 12.8. The van der Waals surface area contributed by atoms with Crippen LogP contribution >= 0.6 is 0 Å². The maximum Gasteiger partial charge on any atom is 0.226 e. The van der Waals surface area contributed by atoms with Crippen LogP contribution in [0, 0.1) is 5.92 Å². The highest BCUT2D eigenvalue weighted by Gasteiger charge is 2.29. The van der Waals surface area contributed by atoms with Gasteiger partial charge in [0.05, 0.1) is 0 Å². The molecule has 0 radical (unpaired) electrons. The van der Waals surface area contributed by atoms with Crippen molar-refractivity contribution in [2.75, 3.05) is 19.6 Å². The number of carbonyl (C=O) groups excluding carboxylic acids is 2. The summed E-state index contributed by atoms with van der Waals surface area (Å²) in [5, 5.41) is 0. The molecule has 1 aromatic rings. The van der Waals surface area contributed by atoms with E-state index in [0.29, 0.717) is 13.0 Å². The predicted molar refractivity (Wildman–Crippen MR) is 91.7 cm³/mol. The van der Waals surface area contributed by atoms with Crippen LogP contribution in [0.15, 0.2) is 30.3 Å². The Morgan fingerprint density at radius 1 is 1.13 bits per heavy atom. The van der Waals surface area contributed by atoms with Crippen molar-refractivity contribution in [1.82, 2.24) is 9.80 Å². The monoisotopic (exact) mass is 316 g/mol. The third-order valence-corrected chi connectivity index (χ3v) is 4.57. The highest BCUT2D eigenvalue weighted by Crippen LogP contribution is 2.21. The Kier molecular flexibility index (Phi) is 6.63. The molecule has 2 rings (SSSR count). The zero-order valence-electron chi connectivity index (χ0n) is 14.3. The van der Waals surface area contributed by atoms with Gasteiger partial charge in [-0.25, -0.2) is 0 Å². The number of amides is 2. The molecule has 4 nitrogen and oxygen atoms in total. The molecule has 0 spiro atoms. The Balaban J connectivity index is 1.88. The van der Waals surface area contributed by atoms with Crippen molar-refractivity contribution in [2.45, 2.75) is 46.1 Å². The van der Waals surface area contributed by atoms with Crippen molar-refractivity contribution in [1.29, 1.82) is 0 Å². The van der Waals surface area contributed by atoms with Gasteiger partial charge < -0.3 is 9.80 Å². The summed E-state index contributed by atoms with van der Waals surface area (Å²) in [6.07, 6.45) is 3.09. The van der Waals surface area contributed by atoms with Gasteiger partial charge in [-0.15, -0.1) is 0 Å². The molecule has 0 saturated carbocycles. The van der Waals surface area contributed by atoms with Gasteiger partial charge >= 0.3 is 0 Å². The van der Waals surface area contributed by atoms with Crippen LogP contribution in [0.2, 0.25) is 0 Å². The van der Waals surface area contributed by atoms with E-state index >= 15 is 0 Å². The van der Waals surface area contributed by atoms with Crippen LogP contribution in [-0.4, -0.2) is 41.2 Å². The Hall–Kier alpha value is -1.84. The van der Waals surface area contributed by atoms with E-state index in [9.17, 15) is 9.59 Å². The van der Waals surface area contributed by atoms with Gasteiger partial charge in [-0.2, -0.15) is 0 Å². The number of hydrogen-bond donors (Lipinski definition) is 0. The zero-order valence-corrected chi connectivity index (χ0v) is 14.3. The van der Waals surface area contributed by atoms with Crippen molar-refractivity contribution in [2.24, 2.45) is 5.92 Å². The summed E-state index contributed by atoms with van der Waals surface area (Å²) in [4.78, 5) is 28.5. The molecule has 4 heteroatoms. The van der Waals surface area contributed by atoms with Gasteiger partial charge in [0.15, 0.2) is 0 Å². The minimum Gasteiger partial charge on any atom is -0.343 e. The van der Waals surface area contributed by atoms with E-state index in [0.717, 1.165) is 38.9 Å². The average Bonchev–Trinajstić information content (AvgIpc) is 2.60. The van der Waals surface area contributed by atoms with Crippen molar-refractivity contribution in [3.05, 3.63) is 35.9 Å². The summed E-state index contributed by atoms with van der Waals surface area (Å²) >= 11 is 0. The quantitative estimate of drug-likeness (QED) is 0.809. The molecular formula is C19H28N2O2. The minimum absolute atomic E-state index is 0.0596. The van der Waals surface area contributed by atoms with Crippen LogP contribution in [0.3, 0.4) is 0 Å². The molecule has 1 fully saturated rings. The van der Waals surface area contributed by atoms with Crippen LogP contribution in [0.1, 0.15) is 45.1 Å². The van der Waals surface area contributed by atoms with Crippen LogP contribution in [0.5, 0.6) is 0 Å². The number of hydrogen-bond acceptors (Lipinski definition) is 2. The van der Waals surface area contributed by atoms with Crippen LogP contribution in [-0.2, 0) is 16.1 Å². The summed E-state index contributed by atoms with van der Waals surface area (Å²) in [6.45, 7) is 6.89. The van der Waals surface area contributed by atoms with Gasteiger partial charge in [0.1, 0.15) is 0 Å². The van der Waals surface area contributed by atoms with Crippen LogP contribution in [0.25, 0.3) is 0 Å². The first kappa shape index (κ1) is 17.5. The first-order chi connectivity index (χ1) is 11.2. The molecule has 1 saturated heterocycles. The van der Waals surface area contributed by atoms with Crippen LogP contribution in [0.4, 0.5) is 0 Å². The molecule has 0 atom stereocenters. The molecular weight excluding hydrogens is 288 g/mol. The fourth-order valence-electron chi connectivity index (χ4n) is 3.16. The van der Waals surface area contributed by atoms with Gasteiger partial charge in [-0.05, 0) is 31.7 Å². The second-order valence-electron chi connectivity index (χ2n) is 6.24. The number of carbonyl (C=O) groups is 2. The standard InChI is InChI=1S/C19H28N2O2/c1-3-8-18(22)21-13-11-17(12-14-21)19(23)20(4-2)15-16-9-6-5-7-10-16/h5-7,9-10,17H,3-4,8,11-15H2,1-2H3. The van der Waals surface area contributed by atoms with E-state index in [2.05, 4.69) is 12.1 Å². The second-order valence-corrected chi connectivity index (χ2v) is 6.24. The first-order valence-electron chi connectivity index (χ1n) is 8.76. The number of rotatable bonds is 6. The van der Waals surface area contributed by atoms with Gasteiger partial charge in [0.2, 0.25) is 11.8 Å². The van der Waals surface area contributed by atoms with E-state index in [1.807, 2.05) is 41.8 Å². The number of likely N-dealkylation sites (tertiary alicyclic amines) is 1. The first-order valence-corrected chi connectivity index (χ1v) is 8.76. The van der Waals surface area contributed by atoms with E-state index in [1.165, 1.54) is 5.56 Å². The summed E-state index contributed by atoms with van der Waals surface area (Å²) in [6, 6.07) is 10.1. The lowest BCUT2D eigenvalue weighted by molar-refractivity contribution is -0.141. The van der Waals surface area contributed by atoms with Crippen molar-refractivity contribution in [3.8, 4) is 0 Å². The van der Waals surface area contributed by atoms with E-state index < -0.39 is 0 Å². The lowest BCUT2D eigenvalue weighted by atomic mass is 9.94. The molecule has 126 valence electrons. The normalized spacial score (nSPS) is 15.5. The lowest BCUT2D eigenvalue weighted by Crippen LogP contribution is -2.44. The lowest BCUT2D eigenvalue weighted by Gasteiger charge is -2.34. The third-order valence-electron chi connectivity index (χ3n) is 4.57. The Morgan fingerprint density at radius 3 is 2.35 bits per heavy atom. The molecule has 1 aliphatic heterocycles. The highest BCUT2D eigenvalue weighted by atomic mass is 16.2. The molecule has 0 unspecified atom stereocenters. The Labute approximate surface area is 139 Å². The molecule has 2 amide bonds. The topological polar surface area (TPSA) is 40.6 Å². The molecule has 1 heterocycles. The van der Waals surface area contributed by atoms with Crippen molar-refractivity contribution in [3.63, 3.8) is 0 Å². The number of benzene rings is 1. The number of nitrogens with zero attached hydrogens (tertiary/aromatic N) is 2. The fraction of sp³-hybridized carbons (Fsp3) is 0.579. The summed E-state index contributed by atoms with van der Waals surface area (Å²) in [7, 11) is 0. The smallest absolute Gasteiger partial charge is 0.226 e. The summed E-state index contributed by atoms with van der Waals surface area (Å²) < 4.78 is 0. The molecule has 0 aromatic heterocycles. The molecule has 1 aliphatic rings. The van der Waals surface area contributed by atoms with Crippen molar-refractivity contribution < 1.29 is 9.59 Å². The molecule has 1 aromatic carbocycles. The molecule has 0 aliphatic carbocycles. The zero-order chi connectivity index (χ0) is 16.7. The SMILES string of the molecule is CCCC(=O)N1CCC(C(=O)N(CC)Cc2ccccc2)CC1. The number of piperidine rings is 1. The fourth-order valence-corrected chi connectivity index (χ4v) is 3.16. The second kappa shape index (κ2) is 8.70. The van der Waals surface area contributed by atoms with Gasteiger partial charge in [0.25, 0.3) is 0 Å². The van der Waals surface area contributed by atoms with E-state index in [4.69, 9.17) is 0 Å². The van der Waals surface area contributed by atoms with Gasteiger partial charge in [-0.3, -0.25) is 9.59 Å². The summed E-state index contributed by atoms with van der Waals surface area (Å²) in [5.74, 6) is 0.526. The third kappa shape index (κ3) is 4.81. The predicted octanol–water partition coefficient (Wildman–Crippen LogP) is 3.07. The molecule has 23 heavy (non-hydrogen) atoms. The van der Waals surface area contributed by atoms with E-state index in [-0.39, 0.29) is 17.7 Å². The maximum atomic E-state index is 12.8. The Morgan fingerprint density at radius 2 is 1.78 bits per heavy atom. The molecule has 0 bridgehead atoms. The summed E-state index contributed by atoms with van der Waals surface area (Å²) in [5.41, 5.74) is 1.17. The van der Waals surface area contributed by atoms with Crippen LogP contribution < -0.4 is 0 Å².